The number of aromatic nitrogens is 3. The molecule has 1 unspecified atom stereocenters. The molecule has 2 rings (SSSR count). The lowest BCUT2D eigenvalue weighted by atomic mass is 10.2. The normalized spacial score (nSPS) is 11.8. The number of carbonyl (C=O) groups excluding carboxylic acids is 2. The molecule has 1 amide bonds. The van der Waals surface area contributed by atoms with Crippen LogP contribution in [0, 0.1) is 0 Å². The Morgan fingerprint density at radius 2 is 1.95 bits per heavy atom. The first-order valence-electron chi connectivity index (χ1n) is 6.83. The average molecular weight is 302 g/mol. The highest BCUT2D eigenvalue weighted by Gasteiger charge is 2.22. The van der Waals surface area contributed by atoms with Crippen molar-refractivity contribution in [1.82, 2.24) is 19.9 Å². The lowest BCUT2D eigenvalue weighted by molar-refractivity contribution is -0.137. The summed E-state index contributed by atoms with van der Waals surface area (Å²) in [5, 5.41) is 7.67. The number of amides is 1. The maximum atomic E-state index is 11.9. The molecule has 0 bridgehead atoms. The fraction of sp³-hybridized carbons (Fsp3) is 0.333. The Hall–Kier alpha value is -2.70. The van der Waals surface area contributed by atoms with Crippen molar-refractivity contribution in [3.05, 3.63) is 47.8 Å². The van der Waals surface area contributed by atoms with Crippen LogP contribution in [0.3, 0.4) is 0 Å². The van der Waals surface area contributed by atoms with Crippen LogP contribution in [0.2, 0.25) is 0 Å². The third-order valence-electron chi connectivity index (χ3n) is 3.01. The monoisotopic (exact) mass is 302 g/mol. The maximum absolute atomic E-state index is 11.9. The van der Waals surface area contributed by atoms with E-state index in [1.807, 2.05) is 30.3 Å². The molecule has 0 spiro atoms. The number of hydrogen-bond donors (Lipinski definition) is 0. The van der Waals surface area contributed by atoms with Crippen molar-refractivity contribution in [2.24, 2.45) is 0 Å². The summed E-state index contributed by atoms with van der Waals surface area (Å²) in [6, 6.07) is 9.69. The molecule has 2 aromatic rings. The summed E-state index contributed by atoms with van der Waals surface area (Å²) in [5.74, 6) is -0.952. The number of benzene rings is 1. The number of rotatable bonds is 5. The van der Waals surface area contributed by atoms with Crippen molar-refractivity contribution in [1.29, 1.82) is 0 Å². The van der Waals surface area contributed by atoms with Crippen LogP contribution in [0.4, 0.5) is 0 Å². The van der Waals surface area contributed by atoms with Crippen LogP contribution in [0.5, 0.6) is 0 Å². The van der Waals surface area contributed by atoms with Crippen molar-refractivity contribution in [3.8, 4) is 0 Å². The van der Waals surface area contributed by atoms with Crippen LogP contribution in [0.15, 0.2) is 36.5 Å². The van der Waals surface area contributed by atoms with Crippen molar-refractivity contribution < 1.29 is 14.3 Å². The Labute approximate surface area is 128 Å². The highest BCUT2D eigenvalue weighted by Crippen LogP contribution is 2.05. The molecule has 7 nitrogen and oxygen atoms in total. The van der Waals surface area contributed by atoms with Gasteiger partial charge < -0.3 is 9.64 Å². The van der Waals surface area contributed by atoms with Crippen LogP contribution in [-0.2, 0) is 16.1 Å². The summed E-state index contributed by atoms with van der Waals surface area (Å²) in [6.07, 6.45) is 0.643. The lowest BCUT2D eigenvalue weighted by Crippen LogP contribution is -2.35. The van der Waals surface area contributed by atoms with Gasteiger partial charge in [-0.05, 0) is 12.5 Å². The fourth-order valence-electron chi connectivity index (χ4n) is 1.87. The van der Waals surface area contributed by atoms with Crippen LogP contribution in [0.25, 0.3) is 0 Å². The van der Waals surface area contributed by atoms with E-state index in [2.05, 4.69) is 10.3 Å². The van der Waals surface area contributed by atoms with E-state index in [9.17, 15) is 9.59 Å². The Morgan fingerprint density at radius 1 is 1.27 bits per heavy atom. The summed E-state index contributed by atoms with van der Waals surface area (Å²) in [7, 11) is 3.20. The van der Waals surface area contributed by atoms with Gasteiger partial charge in [-0.1, -0.05) is 35.5 Å². The van der Waals surface area contributed by atoms with Gasteiger partial charge in [0.1, 0.15) is 0 Å². The van der Waals surface area contributed by atoms with Gasteiger partial charge in [0.05, 0.1) is 12.7 Å². The van der Waals surface area contributed by atoms with Gasteiger partial charge in [0, 0.05) is 14.1 Å². The Balaban J connectivity index is 1.99. The molecule has 1 aromatic carbocycles. The predicted octanol–water partition coefficient (Wildman–Crippen LogP) is 0.960. The van der Waals surface area contributed by atoms with Gasteiger partial charge in [0.2, 0.25) is 0 Å². The molecule has 0 aliphatic rings. The molecule has 7 heteroatoms. The summed E-state index contributed by atoms with van der Waals surface area (Å²) in [6.45, 7) is 2.03. The molecule has 0 fully saturated rings. The number of hydrogen-bond acceptors (Lipinski definition) is 5. The van der Waals surface area contributed by atoms with Gasteiger partial charge in [0.15, 0.2) is 11.8 Å². The quantitative estimate of drug-likeness (QED) is 0.769. The summed E-state index contributed by atoms with van der Waals surface area (Å²) in [5.41, 5.74) is 1.12. The predicted molar refractivity (Wildman–Crippen MR) is 79.1 cm³/mol. The number of esters is 1. The summed E-state index contributed by atoms with van der Waals surface area (Å²) in [4.78, 5) is 25.0. The van der Waals surface area contributed by atoms with Crippen molar-refractivity contribution >= 4 is 11.9 Å². The summed E-state index contributed by atoms with van der Waals surface area (Å²) < 4.78 is 6.62. The fourth-order valence-corrected chi connectivity index (χ4v) is 1.87. The topological polar surface area (TPSA) is 77.3 Å². The van der Waals surface area contributed by atoms with Crippen LogP contribution in [-0.4, -0.2) is 52.0 Å². The molecule has 0 saturated heterocycles. The third kappa shape index (κ3) is 3.91. The average Bonchev–Trinajstić information content (AvgIpc) is 2.96. The van der Waals surface area contributed by atoms with E-state index >= 15 is 0 Å². The second kappa shape index (κ2) is 6.84. The van der Waals surface area contributed by atoms with E-state index in [1.165, 1.54) is 18.0 Å². The van der Waals surface area contributed by atoms with Crippen LogP contribution < -0.4 is 0 Å². The minimum Gasteiger partial charge on any atom is -0.448 e. The van der Waals surface area contributed by atoms with Gasteiger partial charge in [-0.2, -0.15) is 0 Å². The maximum Gasteiger partial charge on any atom is 0.361 e. The molecule has 0 N–H and O–H groups in total. The minimum atomic E-state index is -0.859. The number of nitrogens with zero attached hydrogens (tertiary/aromatic N) is 4. The van der Waals surface area contributed by atoms with E-state index in [0.717, 1.165) is 5.56 Å². The number of carbonyl (C=O) groups is 2. The first-order valence-corrected chi connectivity index (χ1v) is 6.83. The molecule has 116 valence electrons. The molecule has 1 atom stereocenters. The molecule has 0 saturated carbocycles. The van der Waals surface area contributed by atoms with Gasteiger partial charge >= 0.3 is 5.97 Å². The minimum absolute atomic E-state index is 0.0781. The zero-order chi connectivity index (χ0) is 16.1. The molecule has 1 heterocycles. The van der Waals surface area contributed by atoms with Gasteiger partial charge in [-0.3, -0.25) is 4.79 Å². The lowest BCUT2D eigenvalue weighted by Gasteiger charge is -2.16. The smallest absolute Gasteiger partial charge is 0.361 e. The first-order chi connectivity index (χ1) is 10.5. The molecular weight excluding hydrogens is 284 g/mol. The van der Waals surface area contributed by atoms with E-state index < -0.39 is 12.1 Å². The second-order valence-corrected chi connectivity index (χ2v) is 5.07. The Bertz CT molecular complexity index is 652. The standard InChI is InChI=1S/C15H18N4O3/c1-11(14(20)18(2)3)22-15(21)13-10-19(17-16-13)9-12-7-5-4-6-8-12/h4-8,10-11H,9H2,1-3H3. The van der Waals surface area contributed by atoms with Gasteiger partial charge in [0.25, 0.3) is 5.91 Å². The molecule has 22 heavy (non-hydrogen) atoms. The Kier molecular flexibility index (Phi) is 4.88. The van der Waals surface area contributed by atoms with Crippen molar-refractivity contribution in [2.75, 3.05) is 14.1 Å². The molecular formula is C15H18N4O3. The molecule has 0 aliphatic carbocycles. The van der Waals surface area contributed by atoms with Gasteiger partial charge in [-0.15, -0.1) is 5.10 Å². The second-order valence-electron chi connectivity index (χ2n) is 5.07. The van der Waals surface area contributed by atoms with Crippen LogP contribution in [0.1, 0.15) is 23.0 Å². The van der Waals surface area contributed by atoms with Crippen molar-refractivity contribution in [3.63, 3.8) is 0 Å². The van der Waals surface area contributed by atoms with E-state index in [0.29, 0.717) is 6.54 Å². The summed E-state index contributed by atoms with van der Waals surface area (Å²) >= 11 is 0. The SMILES string of the molecule is CC(OC(=O)c1cn(Cc2ccccc2)nn1)C(=O)N(C)C. The highest BCUT2D eigenvalue weighted by atomic mass is 16.5. The molecule has 0 radical (unpaired) electrons. The first kappa shape index (κ1) is 15.7. The van der Waals surface area contributed by atoms with Gasteiger partial charge in [-0.25, -0.2) is 9.48 Å². The Morgan fingerprint density at radius 3 is 2.59 bits per heavy atom. The third-order valence-corrected chi connectivity index (χ3v) is 3.01. The van der Waals surface area contributed by atoms with E-state index in [-0.39, 0.29) is 11.6 Å². The largest absolute Gasteiger partial charge is 0.448 e. The van der Waals surface area contributed by atoms with Crippen LogP contribution >= 0.6 is 0 Å². The highest BCUT2D eigenvalue weighted by molar-refractivity contribution is 5.90. The zero-order valence-electron chi connectivity index (χ0n) is 12.8. The van der Waals surface area contributed by atoms with E-state index in [4.69, 9.17) is 4.74 Å². The number of likely N-dealkylation sites (N-methyl/N-ethyl adjacent to an activating group) is 1. The number of ether oxygens (including phenoxy) is 1. The van der Waals surface area contributed by atoms with Crippen molar-refractivity contribution in [2.45, 2.75) is 19.6 Å². The molecule has 0 aliphatic heterocycles. The molecule has 1 aromatic heterocycles. The zero-order valence-corrected chi connectivity index (χ0v) is 12.8. The van der Waals surface area contributed by atoms with E-state index in [1.54, 1.807) is 18.8 Å².